The predicted molar refractivity (Wildman–Crippen MR) is 134 cm³/mol. The minimum Gasteiger partial charge on any atom is -0.493 e. The predicted octanol–water partition coefficient (Wildman–Crippen LogP) is 6.02. The molecule has 3 aromatic rings. The van der Waals surface area contributed by atoms with E-state index in [2.05, 4.69) is 69.4 Å². The van der Waals surface area contributed by atoms with Gasteiger partial charge in [0.05, 0.1) is 14.2 Å². The molecule has 2 atom stereocenters. The largest absolute Gasteiger partial charge is 0.493 e. The molecule has 6 rings (SSSR count). The van der Waals surface area contributed by atoms with E-state index in [1.165, 1.54) is 27.8 Å². The maximum atomic E-state index is 5.88. The molecule has 34 heavy (non-hydrogen) atoms. The number of hydrogen-bond acceptors (Lipinski definition) is 5. The van der Waals surface area contributed by atoms with E-state index in [9.17, 15) is 0 Å². The summed E-state index contributed by atoms with van der Waals surface area (Å²) in [5.41, 5.74) is 6.72. The van der Waals surface area contributed by atoms with Gasteiger partial charge in [0.2, 0.25) is 6.79 Å². The summed E-state index contributed by atoms with van der Waals surface area (Å²) >= 11 is 3.56. The Morgan fingerprint density at radius 1 is 0.971 bits per heavy atom. The second-order valence-corrected chi connectivity index (χ2v) is 10.1. The highest BCUT2D eigenvalue weighted by Crippen LogP contribution is 2.53. The van der Waals surface area contributed by atoms with Crippen LogP contribution in [0.1, 0.15) is 46.2 Å². The first-order valence-corrected chi connectivity index (χ1v) is 12.6. The molecule has 0 fully saturated rings. The topological polar surface area (TPSA) is 40.2 Å². The van der Waals surface area contributed by atoms with Crippen LogP contribution in [-0.4, -0.2) is 32.5 Å². The molecule has 0 aromatic heterocycles. The zero-order valence-electron chi connectivity index (χ0n) is 19.5. The summed E-state index contributed by atoms with van der Waals surface area (Å²) in [6.45, 7) is 2.16. The third-order valence-electron chi connectivity index (χ3n) is 7.50. The van der Waals surface area contributed by atoms with Crippen LogP contribution in [0.4, 0.5) is 0 Å². The zero-order valence-corrected chi connectivity index (χ0v) is 21.1. The third kappa shape index (κ3) is 3.64. The zero-order chi connectivity index (χ0) is 23.2. The molecule has 3 heterocycles. The van der Waals surface area contributed by atoms with E-state index >= 15 is 0 Å². The summed E-state index contributed by atoms with van der Waals surface area (Å²) in [4.78, 5) is 2.61. The van der Waals surface area contributed by atoms with Gasteiger partial charge in [0, 0.05) is 35.1 Å². The number of hydrogen-bond donors (Lipinski definition) is 0. The number of methoxy groups -OCH3 is 2. The fourth-order valence-electron chi connectivity index (χ4n) is 5.92. The number of ether oxygens (including phenoxy) is 4. The van der Waals surface area contributed by atoms with Crippen molar-refractivity contribution >= 4 is 15.9 Å². The molecular weight excluding hydrogens is 494 g/mol. The van der Waals surface area contributed by atoms with Gasteiger partial charge < -0.3 is 18.9 Å². The summed E-state index contributed by atoms with van der Waals surface area (Å²) in [5, 5.41) is 0. The van der Waals surface area contributed by atoms with Gasteiger partial charge in [-0.2, -0.15) is 0 Å². The van der Waals surface area contributed by atoms with E-state index in [1.54, 1.807) is 14.2 Å². The Bertz CT molecular complexity index is 1230. The molecule has 0 saturated carbocycles. The standard InChI is InChI=1S/C28H28BrNO4/c1-31-24-10-9-20-21(8-5-17-3-6-19(29)7-4-17)27-22-14-26-25(33-16-34-26)13-18(22)11-12-30(27)15-23(20)28(24)32-2/h3-4,6-7,9-10,13-14,21,27H,5,8,11-12,15-16H2,1-2H3. The summed E-state index contributed by atoms with van der Waals surface area (Å²) in [6, 6.07) is 17.7. The first-order valence-electron chi connectivity index (χ1n) is 11.8. The van der Waals surface area contributed by atoms with Gasteiger partial charge in [-0.15, -0.1) is 0 Å². The van der Waals surface area contributed by atoms with E-state index in [4.69, 9.17) is 18.9 Å². The van der Waals surface area contributed by atoms with Crippen molar-refractivity contribution in [3.8, 4) is 23.0 Å². The van der Waals surface area contributed by atoms with Crippen LogP contribution in [0, 0.1) is 0 Å². The first kappa shape index (κ1) is 21.8. The lowest BCUT2D eigenvalue weighted by Gasteiger charge is -2.46. The summed E-state index contributed by atoms with van der Waals surface area (Å²) < 4.78 is 24.1. The van der Waals surface area contributed by atoms with Gasteiger partial charge in [-0.3, -0.25) is 4.90 Å². The Kier molecular flexibility index (Phi) is 5.66. The van der Waals surface area contributed by atoms with Crippen molar-refractivity contribution in [1.29, 1.82) is 0 Å². The lowest BCUT2D eigenvalue weighted by atomic mass is 9.74. The minimum atomic E-state index is 0.291. The van der Waals surface area contributed by atoms with E-state index in [0.29, 0.717) is 18.8 Å². The van der Waals surface area contributed by atoms with Gasteiger partial charge in [0.15, 0.2) is 23.0 Å². The minimum absolute atomic E-state index is 0.291. The van der Waals surface area contributed by atoms with Crippen LogP contribution in [0.3, 0.4) is 0 Å². The summed E-state index contributed by atoms with van der Waals surface area (Å²) in [7, 11) is 3.45. The molecule has 0 spiro atoms. The van der Waals surface area contributed by atoms with Crippen molar-refractivity contribution in [3.05, 3.63) is 80.8 Å². The average molecular weight is 522 g/mol. The molecule has 0 aliphatic carbocycles. The van der Waals surface area contributed by atoms with Gasteiger partial charge in [0.1, 0.15) is 0 Å². The van der Waals surface area contributed by atoms with Crippen molar-refractivity contribution in [2.24, 2.45) is 0 Å². The Morgan fingerprint density at radius 3 is 2.53 bits per heavy atom. The smallest absolute Gasteiger partial charge is 0.231 e. The van der Waals surface area contributed by atoms with Crippen molar-refractivity contribution in [2.75, 3.05) is 27.6 Å². The summed E-state index contributed by atoms with van der Waals surface area (Å²) in [6.07, 6.45) is 3.05. The van der Waals surface area contributed by atoms with E-state index in [1.807, 2.05) is 0 Å². The molecule has 0 bridgehead atoms. The molecule has 3 aliphatic rings. The van der Waals surface area contributed by atoms with Crippen LogP contribution in [0.15, 0.2) is 53.0 Å². The normalized spacial score (nSPS) is 20.3. The lowest BCUT2D eigenvalue weighted by molar-refractivity contribution is 0.127. The molecule has 0 radical (unpaired) electrons. The van der Waals surface area contributed by atoms with Crippen molar-refractivity contribution in [1.82, 2.24) is 4.90 Å². The Labute approximate surface area is 208 Å². The van der Waals surface area contributed by atoms with Gasteiger partial charge in [-0.1, -0.05) is 34.1 Å². The Balaban J connectivity index is 1.45. The highest BCUT2D eigenvalue weighted by molar-refractivity contribution is 9.10. The second kappa shape index (κ2) is 8.82. The van der Waals surface area contributed by atoms with Gasteiger partial charge in [0.25, 0.3) is 0 Å². The van der Waals surface area contributed by atoms with Crippen LogP contribution >= 0.6 is 15.9 Å². The van der Waals surface area contributed by atoms with Crippen molar-refractivity contribution in [3.63, 3.8) is 0 Å². The molecule has 0 amide bonds. The Hall–Kier alpha value is -2.70. The first-order chi connectivity index (χ1) is 16.7. The van der Waals surface area contributed by atoms with Gasteiger partial charge in [-0.25, -0.2) is 0 Å². The van der Waals surface area contributed by atoms with Crippen LogP contribution in [0.5, 0.6) is 23.0 Å². The van der Waals surface area contributed by atoms with E-state index in [0.717, 1.165) is 59.8 Å². The average Bonchev–Trinajstić information content (AvgIpc) is 3.32. The molecule has 3 aromatic carbocycles. The fourth-order valence-corrected chi connectivity index (χ4v) is 6.18. The molecule has 176 valence electrons. The molecule has 3 aliphatic heterocycles. The van der Waals surface area contributed by atoms with Crippen molar-refractivity contribution < 1.29 is 18.9 Å². The molecule has 0 N–H and O–H groups in total. The lowest BCUT2D eigenvalue weighted by Crippen LogP contribution is -2.42. The number of aryl methyl sites for hydroxylation is 1. The van der Waals surface area contributed by atoms with Crippen LogP contribution < -0.4 is 18.9 Å². The monoisotopic (exact) mass is 521 g/mol. The van der Waals surface area contributed by atoms with E-state index in [-0.39, 0.29) is 0 Å². The number of halogens is 1. The quantitative estimate of drug-likeness (QED) is 0.410. The molecule has 2 unspecified atom stereocenters. The Morgan fingerprint density at radius 2 is 1.76 bits per heavy atom. The highest BCUT2D eigenvalue weighted by Gasteiger charge is 2.41. The number of benzene rings is 3. The maximum absolute atomic E-state index is 5.88. The third-order valence-corrected chi connectivity index (χ3v) is 8.03. The van der Waals surface area contributed by atoms with Crippen LogP contribution in [0.2, 0.25) is 0 Å². The number of nitrogens with zero attached hydrogens (tertiary/aromatic N) is 1. The van der Waals surface area contributed by atoms with Crippen molar-refractivity contribution in [2.45, 2.75) is 37.8 Å². The highest BCUT2D eigenvalue weighted by atomic mass is 79.9. The summed E-state index contributed by atoms with van der Waals surface area (Å²) in [5.74, 6) is 3.73. The maximum Gasteiger partial charge on any atom is 0.231 e. The molecule has 6 heteroatoms. The fraction of sp³-hybridized carbons (Fsp3) is 0.357. The van der Waals surface area contributed by atoms with Crippen LogP contribution in [-0.2, 0) is 19.4 Å². The van der Waals surface area contributed by atoms with Crippen LogP contribution in [0.25, 0.3) is 0 Å². The van der Waals surface area contributed by atoms with Gasteiger partial charge >= 0.3 is 0 Å². The van der Waals surface area contributed by atoms with Gasteiger partial charge in [-0.05, 0) is 71.8 Å². The molecule has 5 nitrogen and oxygen atoms in total. The number of rotatable bonds is 5. The second-order valence-electron chi connectivity index (χ2n) is 9.21. The SMILES string of the molecule is COc1ccc2c(c1OC)CN1CCc3cc4c(cc3C1C2CCc1ccc(Br)cc1)OCO4. The van der Waals surface area contributed by atoms with E-state index < -0.39 is 0 Å². The molecule has 0 saturated heterocycles. The molecular formula is C28H28BrNO4. The number of fused-ring (bicyclic) bond motifs is 5.